The fourth-order valence-electron chi connectivity index (χ4n) is 4.97. The third kappa shape index (κ3) is 3.68. The SMILES string of the molecule is Cc1cc(Nc2nc(N[C@@H]3C[C@H]4CC[C@@H](C3)N4CCC#N)c3ccccc3n2)n[nH]1. The Morgan fingerprint density at radius 1 is 1.20 bits per heavy atom. The lowest BCUT2D eigenvalue weighted by molar-refractivity contribution is 0.136. The maximum atomic E-state index is 8.95. The first-order valence-electron chi connectivity index (χ1n) is 10.6. The smallest absolute Gasteiger partial charge is 0.230 e. The van der Waals surface area contributed by atoms with Gasteiger partial charge in [-0.1, -0.05) is 12.1 Å². The lowest BCUT2D eigenvalue weighted by atomic mass is 9.97. The molecule has 8 nitrogen and oxygen atoms in total. The second kappa shape index (κ2) is 7.92. The third-order valence-electron chi connectivity index (χ3n) is 6.26. The molecule has 0 saturated carbocycles. The van der Waals surface area contributed by atoms with Crippen LogP contribution in [0.15, 0.2) is 30.3 Å². The first-order chi connectivity index (χ1) is 14.7. The summed E-state index contributed by atoms with van der Waals surface area (Å²) in [6.07, 6.45) is 5.24. The molecule has 2 aliphatic heterocycles. The van der Waals surface area contributed by atoms with E-state index in [2.05, 4.69) is 42.9 Å². The van der Waals surface area contributed by atoms with Crippen LogP contribution in [0, 0.1) is 18.3 Å². The number of piperidine rings is 1. The van der Waals surface area contributed by atoms with Gasteiger partial charge >= 0.3 is 0 Å². The second-order valence-corrected chi connectivity index (χ2v) is 8.32. The number of H-pyrrole nitrogens is 1. The molecule has 2 fully saturated rings. The Bertz CT molecular complexity index is 1070. The highest BCUT2D eigenvalue weighted by atomic mass is 15.3. The Morgan fingerprint density at radius 3 is 2.73 bits per heavy atom. The van der Waals surface area contributed by atoms with Gasteiger partial charge in [0.2, 0.25) is 5.95 Å². The number of benzene rings is 1. The quantitative estimate of drug-likeness (QED) is 0.577. The van der Waals surface area contributed by atoms with Crippen molar-refractivity contribution in [1.29, 1.82) is 5.26 Å². The van der Waals surface area contributed by atoms with E-state index in [1.54, 1.807) is 0 Å². The van der Waals surface area contributed by atoms with Gasteiger partial charge in [0, 0.05) is 48.2 Å². The van der Waals surface area contributed by atoms with Gasteiger partial charge in [-0.25, -0.2) is 4.98 Å². The van der Waals surface area contributed by atoms with Crippen molar-refractivity contribution >= 4 is 28.5 Å². The molecule has 0 unspecified atom stereocenters. The number of nitrogens with zero attached hydrogens (tertiary/aromatic N) is 5. The molecule has 5 rings (SSSR count). The third-order valence-corrected chi connectivity index (χ3v) is 6.26. The van der Waals surface area contributed by atoms with Crippen molar-refractivity contribution < 1.29 is 0 Å². The van der Waals surface area contributed by atoms with Crippen molar-refractivity contribution in [3.8, 4) is 6.07 Å². The van der Waals surface area contributed by atoms with Crippen LogP contribution in [-0.4, -0.2) is 49.7 Å². The summed E-state index contributed by atoms with van der Waals surface area (Å²) in [7, 11) is 0. The van der Waals surface area contributed by atoms with Gasteiger partial charge in [-0.2, -0.15) is 15.3 Å². The minimum Gasteiger partial charge on any atom is -0.367 e. The van der Waals surface area contributed by atoms with Gasteiger partial charge in [0.1, 0.15) is 5.82 Å². The van der Waals surface area contributed by atoms with E-state index in [-0.39, 0.29) is 0 Å². The molecule has 0 radical (unpaired) electrons. The lowest BCUT2D eigenvalue weighted by Crippen LogP contribution is -2.47. The molecule has 1 aromatic carbocycles. The van der Waals surface area contributed by atoms with Crippen LogP contribution in [0.25, 0.3) is 10.9 Å². The van der Waals surface area contributed by atoms with Crippen molar-refractivity contribution in [2.45, 2.75) is 57.2 Å². The molecule has 3 atom stereocenters. The van der Waals surface area contributed by atoms with E-state index in [9.17, 15) is 0 Å². The second-order valence-electron chi connectivity index (χ2n) is 8.32. The van der Waals surface area contributed by atoms with Crippen molar-refractivity contribution in [2.24, 2.45) is 0 Å². The first-order valence-corrected chi connectivity index (χ1v) is 10.6. The van der Waals surface area contributed by atoms with Crippen LogP contribution < -0.4 is 10.6 Å². The molecule has 2 aromatic heterocycles. The minimum atomic E-state index is 0.375. The predicted octanol–water partition coefficient (Wildman–Crippen LogP) is 3.73. The molecule has 2 aliphatic rings. The number of aromatic amines is 1. The van der Waals surface area contributed by atoms with Crippen LogP contribution in [0.2, 0.25) is 0 Å². The Kier molecular flexibility index (Phi) is 4.97. The molecular weight excluding hydrogens is 376 g/mol. The summed E-state index contributed by atoms with van der Waals surface area (Å²) in [4.78, 5) is 12.0. The zero-order valence-electron chi connectivity index (χ0n) is 17.1. The minimum absolute atomic E-state index is 0.375. The number of aromatic nitrogens is 4. The number of hydrogen-bond donors (Lipinski definition) is 3. The van der Waals surface area contributed by atoms with Crippen LogP contribution in [-0.2, 0) is 0 Å². The molecular formula is C22H26N8. The Morgan fingerprint density at radius 2 is 2.00 bits per heavy atom. The number of nitrogens with one attached hydrogen (secondary N) is 3. The molecule has 8 heteroatoms. The van der Waals surface area contributed by atoms with Gasteiger partial charge in [-0.3, -0.25) is 10.00 Å². The van der Waals surface area contributed by atoms with E-state index < -0.39 is 0 Å². The molecule has 2 saturated heterocycles. The molecule has 0 amide bonds. The highest BCUT2D eigenvalue weighted by Gasteiger charge is 2.40. The summed E-state index contributed by atoms with van der Waals surface area (Å²) in [5.74, 6) is 2.11. The number of rotatable bonds is 6. The van der Waals surface area contributed by atoms with E-state index >= 15 is 0 Å². The van der Waals surface area contributed by atoms with Crippen LogP contribution >= 0.6 is 0 Å². The van der Waals surface area contributed by atoms with Gasteiger partial charge < -0.3 is 10.6 Å². The molecule has 0 aliphatic carbocycles. The number of hydrogen-bond acceptors (Lipinski definition) is 7. The van der Waals surface area contributed by atoms with Crippen LogP contribution in [0.3, 0.4) is 0 Å². The fourth-order valence-corrected chi connectivity index (χ4v) is 4.97. The van der Waals surface area contributed by atoms with Gasteiger partial charge in [-0.05, 0) is 44.7 Å². The average Bonchev–Trinajstić information content (AvgIpc) is 3.25. The summed E-state index contributed by atoms with van der Waals surface area (Å²) < 4.78 is 0. The highest BCUT2D eigenvalue weighted by Crippen LogP contribution is 2.37. The van der Waals surface area contributed by atoms with Crippen LogP contribution in [0.1, 0.15) is 37.8 Å². The molecule has 2 bridgehead atoms. The Labute approximate surface area is 175 Å². The maximum Gasteiger partial charge on any atom is 0.230 e. The van der Waals surface area contributed by atoms with E-state index in [1.807, 2.05) is 31.2 Å². The van der Waals surface area contributed by atoms with Crippen molar-refractivity contribution in [1.82, 2.24) is 25.1 Å². The van der Waals surface area contributed by atoms with Crippen LogP contribution in [0.5, 0.6) is 0 Å². The van der Waals surface area contributed by atoms with Crippen molar-refractivity contribution in [3.63, 3.8) is 0 Å². The lowest BCUT2D eigenvalue weighted by Gasteiger charge is -2.39. The zero-order valence-corrected chi connectivity index (χ0v) is 17.1. The van der Waals surface area contributed by atoms with E-state index in [0.717, 1.165) is 41.8 Å². The van der Waals surface area contributed by atoms with Gasteiger partial charge in [0.05, 0.1) is 11.6 Å². The van der Waals surface area contributed by atoms with Gasteiger partial charge in [-0.15, -0.1) is 0 Å². The summed E-state index contributed by atoms with van der Waals surface area (Å²) in [5.41, 5.74) is 1.88. The topological polar surface area (TPSA) is 106 Å². The normalized spacial score (nSPS) is 23.4. The monoisotopic (exact) mass is 402 g/mol. The van der Waals surface area contributed by atoms with E-state index in [4.69, 9.17) is 10.2 Å². The van der Waals surface area contributed by atoms with Gasteiger partial charge in [0.15, 0.2) is 5.82 Å². The Balaban J connectivity index is 1.38. The number of para-hydroxylation sites is 1. The summed E-state index contributed by atoms with van der Waals surface area (Å²) in [6.45, 7) is 2.86. The molecule has 0 spiro atoms. The summed E-state index contributed by atoms with van der Waals surface area (Å²) in [5, 5.41) is 24.1. The standard InChI is InChI=1S/C22H26N8/c1-14-11-20(29-28-14)26-22-25-19-6-3-2-5-18(19)21(27-22)24-15-12-16-7-8-17(13-15)30(16)10-4-9-23/h2-3,5-6,11,15-17H,4,7-8,10,12-13H2,1H3,(H3,24,25,26,27,28,29)/t15-,16-,17+. The Hall–Kier alpha value is -3.18. The average molecular weight is 403 g/mol. The molecule has 154 valence electrons. The number of anilines is 3. The summed E-state index contributed by atoms with van der Waals surface area (Å²) in [6, 6.07) is 13.8. The maximum absolute atomic E-state index is 8.95. The molecule has 30 heavy (non-hydrogen) atoms. The van der Waals surface area contributed by atoms with Crippen LogP contribution in [0.4, 0.5) is 17.6 Å². The first kappa shape index (κ1) is 18.8. The summed E-state index contributed by atoms with van der Waals surface area (Å²) >= 11 is 0. The number of fused-ring (bicyclic) bond motifs is 3. The van der Waals surface area contributed by atoms with Crippen molar-refractivity contribution in [2.75, 3.05) is 17.2 Å². The largest absolute Gasteiger partial charge is 0.367 e. The molecule has 4 heterocycles. The van der Waals surface area contributed by atoms with Crippen molar-refractivity contribution in [3.05, 3.63) is 36.0 Å². The molecule has 3 N–H and O–H groups in total. The fraction of sp³-hybridized carbons (Fsp3) is 0.455. The zero-order chi connectivity index (χ0) is 20.5. The van der Waals surface area contributed by atoms with E-state index in [1.165, 1.54) is 12.8 Å². The number of aryl methyl sites for hydroxylation is 1. The number of nitriles is 1. The molecule has 3 aromatic rings. The van der Waals surface area contributed by atoms with E-state index in [0.29, 0.717) is 36.3 Å². The predicted molar refractivity (Wildman–Crippen MR) is 117 cm³/mol. The highest BCUT2D eigenvalue weighted by molar-refractivity contribution is 5.90. The van der Waals surface area contributed by atoms with Gasteiger partial charge in [0.25, 0.3) is 0 Å².